The number of ether oxygens (including phenoxy) is 1. The van der Waals surface area contributed by atoms with Gasteiger partial charge in [0.2, 0.25) is 0 Å². The summed E-state index contributed by atoms with van der Waals surface area (Å²) in [4.78, 5) is 4.39. The van der Waals surface area contributed by atoms with Crippen molar-refractivity contribution >= 4 is 10.9 Å². The lowest BCUT2D eigenvalue weighted by Gasteiger charge is -2.15. The van der Waals surface area contributed by atoms with Crippen LogP contribution in [-0.4, -0.2) is 24.2 Å². The molecule has 0 aliphatic rings. The molecule has 0 spiro atoms. The smallest absolute Gasteiger partial charge is 0.138 e. The lowest BCUT2D eigenvalue weighted by molar-refractivity contribution is 0.252. The summed E-state index contributed by atoms with van der Waals surface area (Å²) in [5.41, 5.74) is 1.00. The standard InChI is InChI=1S/C16H22N2O/c1-12(2)17-9-13(3)11-19-15-8-14-6-4-5-7-16(14)18-10-15/h4-8,10,12-13,17H,9,11H2,1-3H3. The summed E-state index contributed by atoms with van der Waals surface area (Å²) in [6.07, 6.45) is 1.80. The van der Waals surface area contributed by atoms with Gasteiger partial charge >= 0.3 is 0 Å². The Morgan fingerprint density at radius 1 is 1.21 bits per heavy atom. The molecule has 2 rings (SSSR count). The van der Waals surface area contributed by atoms with Crippen LogP contribution in [0.1, 0.15) is 20.8 Å². The Kier molecular flexibility index (Phi) is 4.74. The number of hydrogen-bond acceptors (Lipinski definition) is 3. The Bertz CT molecular complexity index is 525. The van der Waals surface area contributed by atoms with E-state index in [0.29, 0.717) is 18.6 Å². The van der Waals surface area contributed by atoms with Gasteiger partial charge in [-0.2, -0.15) is 0 Å². The van der Waals surface area contributed by atoms with Crippen LogP contribution in [0.2, 0.25) is 0 Å². The number of hydrogen-bond donors (Lipinski definition) is 1. The monoisotopic (exact) mass is 258 g/mol. The van der Waals surface area contributed by atoms with E-state index in [4.69, 9.17) is 4.74 Å². The molecule has 0 aliphatic carbocycles. The normalized spacial score (nSPS) is 12.8. The van der Waals surface area contributed by atoms with E-state index in [1.54, 1.807) is 6.20 Å². The van der Waals surface area contributed by atoms with Crippen LogP contribution in [0, 0.1) is 5.92 Å². The van der Waals surface area contributed by atoms with E-state index in [-0.39, 0.29) is 0 Å². The average Bonchev–Trinajstić information content (AvgIpc) is 2.42. The number of benzene rings is 1. The van der Waals surface area contributed by atoms with E-state index in [1.807, 2.05) is 24.3 Å². The minimum absolute atomic E-state index is 0.480. The van der Waals surface area contributed by atoms with Crippen molar-refractivity contribution in [2.45, 2.75) is 26.8 Å². The molecule has 0 bridgehead atoms. The zero-order chi connectivity index (χ0) is 13.7. The number of nitrogens with zero attached hydrogens (tertiary/aromatic N) is 1. The second-order valence-electron chi connectivity index (χ2n) is 5.34. The van der Waals surface area contributed by atoms with Gasteiger partial charge in [0, 0.05) is 23.9 Å². The van der Waals surface area contributed by atoms with Crippen molar-refractivity contribution in [3.8, 4) is 5.75 Å². The van der Waals surface area contributed by atoms with Gasteiger partial charge in [-0.05, 0) is 12.1 Å². The van der Waals surface area contributed by atoms with Crippen LogP contribution < -0.4 is 10.1 Å². The van der Waals surface area contributed by atoms with Crippen molar-refractivity contribution in [1.82, 2.24) is 10.3 Å². The molecule has 1 aromatic heterocycles. The first-order chi connectivity index (χ1) is 9.15. The molecule has 2 aromatic rings. The molecule has 3 heteroatoms. The molecule has 1 aromatic carbocycles. The third-order valence-corrected chi connectivity index (χ3v) is 2.97. The van der Waals surface area contributed by atoms with Crippen molar-refractivity contribution in [2.24, 2.45) is 5.92 Å². The molecule has 0 radical (unpaired) electrons. The van der Waals surface area contributed by atoms with Gasteiger partial charge in [-0.25, -0.2) is 0 Å². The van der Waals surface area contributed by atoms with E-state index in [0.717, 1.165) is 23.2 Å². The molecule has 0 saturated heterocycles. The highest BCUT2D eigenvalue weighted by Crippen LogP contribution is 2.18. The quantitative estimate of drug-likeness (QED) is 0.863. The summed E-state index contributed by atoms with van der Waals surface area (Å²) >= 11 is 0. The Labute approximate surface area is 115 Å². The second-order valence-corrected chi connectivity index (χ2v) is 5.34. The predicted molar refractivity (Wildman–Crippen MR) is 79.5 cm³/mol. The van der Waals surface area contributed by atoms with Gasteiger partial charge in [0.05, 0.1) is 18.3 Å². The predicted octanol–water partition coefficient (Wildman–Crippen LogP) is 3.25. The molecule has 1 heterocycles. The van der Waals surface area contributed by atoms with E-state index in [1.165, 1.54) is 0 Å². The van der Waals surface area contributed by atoms with Crippen molar-refractivity contribution in [1.29, 1.82) is 0 Å². The number of aromatic nitrogens is 1. The van der Waals surface area contributed by atoms with E-state index in [2.05, 4.69) is 37.1 Å². The van der Waals surface area contributed by atoms with Crippen molar-refractivity contribution in [3.63, 3.8) is 0 Å². The molecule has 0 amide bonds. The summed E-state index contributed by atoms with van der Waals surface area (Å²) in [5, 5.41) is 4.53. The maximum Gasteiger partial charge on any atom is 0.138 e. The van der Waals surface area contributed by atoms with E-state index in [9.17, 15) is 0 Å². The van der Waals surface area contributed by atoms with Crippen molar-refractivity contribution in [2.75, 3.05) is 13.2 Å². The highest BCUT2D eigenvalue weighted by atomic mass is 16.5. The summed E-state index contributed by atoms with van der Waals surface area (Å²) in [6, 6.07) is 10.6. The number of fused-ring (bicyclic) bond motifs is 1. The SMILES string of the molecule is CC(CNC(C)C)COc1cnc2ccccc2c1. The second kappa shape index (κ2) is 6.53. The average molecular weight is 258 g/mol. The van der Waals surface area contributed by atoms with Crippen LogP contribution in [0.3, 0.4) is 0 Å². The molecule has 102 valence electrons. The van der Waals surface area contributed by atoms with E-state index < -0.39 is 0 Å². The van der Waals surface area contributed by atoms with Gasteiger partial charge < -0.3 is 10.1 Å². The van der Waals surface area contributed by atoms with Crippen LogP contribution >= 0.6 is 0 Å². The lowest BCUT2D eigenvalue weighted by Crippen LogP contribution is -2.30. The lowest BCUT2D eigenvalue weighted by atomic mass is 10.2. The molecule has 0 aliphatic heterocycles. The fraction of sp³-hybridized carbons (Fsp3) is 0.438. The highest BCUT2D eigenvalue weighted by molar-refractivity contribution is 5.79. The summed E-state index contributed by atoms with van der Waals surface area (Å²) in [5.74, 6) is 1.32. The highest BCUT2D eigenvalue weighted by Gasteiger charge is 2.05. The zero-order valence-corrected chi connectivity index (χ0v) is 11.9. The Hall–Kier alpha value is -1.61. The third-order valence-electron chi connectivity index (χ3n) is 2.97. The molecule has 0 saturated carbocycles. The third kappa shape index (κ3) is 4.21. The van der Waals surface area contributed by atoms with Gasteiger partial charge in [-0.1, -0.05) is 39.0 Å². The summed E-state index contributed by atoms with van der Waals surface area (Å²) < 4.78 is 5.81. The number of nitrogens with one attached hydrogen (secondary N) is 1. The fourth-order valence-corrected chi connectivity index (χ4v) is 1.86. The van der Waals surface area contributed by atoms with Crippen LogP contribution in [0.25, 0.3) is 10.9 Å². The van der Waals surface area contributed by atoms with Gasteiger partial charge in [0.25, 0.3) is 0 Å². The Balaban J connectivity index is 1.90. The van der Waals surface area contributed by atoms with Crippen LogP contribution in [-0.2, 0) is 0 Å². The van der Waals surface area contributed by atoms with Crippen LogP contribution in [0.5, 0.6) is 5.75 Å². The molecular weight excluding hydrogens is 236 g/mol. The number of para-hydroxylation sites is 1. The van der Waals surface area contributed by atoms with Crippen LogP contribution in [0.4, 0.5) is 0 Å². The first-order valence-electron chi connectivity index (χ1n) is 6.86. The molecule has 19 heavy (non-hydrogen) atoms. The molecule has 0 fully saturated rings. The Morgan fingerprint density at radius 3 is 2.79 bits per heavy atom. The number of pyridine rings is 1. The minimum Gasteiger partial charge on any atom is -0.492 e. The zero-order valence-electron chi connectivity index (χ0n) is 11.9. The van der Waals surface area contributed by atoms with Gasteiger partial charge in [-0.3, -0.25) is 4.98 Å². The maximum atomic E-state index is 5.81. The van der Waals surface area contributed by atoms with Crippen LogP contribution in [0.15, 0.2) is 36.5 Å². The first-order valence-corrected chi connectivity index (χ1v) is 6.86. The maximum absolute atomic E-state index is 5.81. The Morgan fingerprint density at radius 2 is 2.00 bits per heavy atom. The molecular formula is C16H22N2O. The largest absolute Gasteiger partial charge is 0.492 e. The molecule has 3 nitrogen and oxygen atoms in total. The van der Waals surface area contributed by atoms with Gasteiger partial charge in [0.1, 0.15) is 5.75 Å². The van der Waals surface area contributed by atoms with Gasteiger partial charge in [0.15, 0.2) is 0 Å². The first kappa shape index (κ1) is 13.8. The summed E-state index contributed by atoms with van der Waals surface area (Å²) in [7, 11) is 0. The molecule has 1 N–H and O–H groups in total. The number of rotatable bonds is 6. The van der Waals surface area contributed by atoms with Crippen molar-refractivity contribution in [3.05, 3.63) is 36.5 Å². The fourth-order valence-electron chi connectivity index (χ4n) is 1.86. The minimum atomic E-state index is 0.480. The van der Waals surface area contributed by atoms with Gasteiger partial charge in [-0.15, -0.1) is 0 Å². The summed E-state index contributed by atoms with van der Waals surface area (Å²) in [6.45, 7) is 8.17. The molecule has 1 atom stereocenters. The molecule has 1 unspecified atom stereocenters. The van der Waals surface area contributed by atoms with Crippen molar-refractivity contribution < 1.29 is 4.74 Å². The van der Waals surface area contributed by atoms with E-state index >= 15 is 0 Å². The topological polar surface area (TPSA) is 34.1 Å².